The minimum absolute atomic E-state index is 0.0914. The molecule has 0 saturated heterocycles. The molecule has 0 aliphatic carbocycles. The van der Waals surface area contributed by atoms with Crippen LogP contribution in [0.5, 0.6) is 0 Å². The molecule has 2 N–H and O–H groups in total. The average Bonchev–Trinajstić information content (AvgIpc) is 3.32. The normalized spacial score (nSPS) is 29.4. The minimum atomic E-state index is -1.24. The summed E-state index contributed by atoms with van der Waals surface area (Å²) in [6.07, 6.45) is 3.99. The predicted molar refractivity (Wildman–Crippen MR) is 157 cm³/mol. The highest BCUT2D eigenvalue weighted by molar-refractivity contribution is 7.09. The largest absolute Gasteiger partial charge is 0.457 e. The number of aryl methyl sites for hydroxylation is 1. The highest BCUT2D eigenvalue weighted by Crippen LogP contribution is 2.33. The van der Waals surface area contributed by atoms with Crippen molar-refractivity contribution in [2.75, 3.05) is 0 Å². The molecule has 2 heterocycles. The van der Waals surface area contributed by atoms with Crippen LogP contribution in [0.1, 0.15) is 83.0 Å². The number of rotatable bonds is 3. The molecule has 39 heavy (non-hydrogen) atoms. The third-order valence-electron chi connectivity index (χ3n) is 7.96. The Balaban J connectivity index is 1.98. The van der Waals surface area contributed by atoms with E-state index >= 15 is 0 Å². The summed E-state index contributed by atoms with van der Waals surface area (Å²) in [6.45, 7) is 10.8. The van der Waals surface area contributed by atoms with E-state index in [2.05, 4.69) is 23.2 Å². The fraction of sp³-hybridized carbons (Fsp3) is 0.531. The second-order valence-corrected chi connectivity index (χ2v) is 12.5. The van der Waals surface area contributed by atoms with E-state index in [-0.39, 0.29) is 18.1 Å². The van der Waals surface area contributed by atoms with Crippen LogP contribution in [0.25, 0.3) is 11.6 Å². The molecule has 2 aromatic rings. The van der Waals surface area contributed by atoms with E-state index in [0.717, 1.165) is 46.7 Å². The standard InChI is InChI=1S/C32H43NO5S/c1-20-11-10-14-25(24-12-8-7-9-13-24)15-16-27(21(2)17-26-19-39-23(4)33-26)38-29(35)18-28(34)32(5,6)31(37)22(3)30(20)36/h7-9,12-13,15,17,19-20,22,27-28,30,34,36H,10-11,14,16,18H2,1-6H3/b21-17+,25-15-/t20-,22+,27?,28+,30-/m0/s1. The zero-order chi connectivity index (χ0) is 28.7. The van der Waals surface area contributed by atoms with Gasteiger partial charge in [-0.15, -0.1) is 11.3 Å². The Labute approximate surface area is 236 Å². The Hall–Kier alpha value is -2.61. The molecule has 1 aromatic carbocycles. The first-order valence-corrected chi connectivity index (χ1v) is 14.7. The molecule has 5 atom stereocenters. The first-order valence-electron chi connectivity index (χ1n) is 13.8. The van der Waals surface area contributed by atoms with Crippen LogP contribution in [0.2, 0.25) is 0 Å². The summed E-state index contributed by atoms with van der Waals surface area (Å²) in [5.41, 5.74) is 2.71. The van der Waals surface area contributed by atoms with Gasteiger partial charge in [0.05, 0.1) is 34.7 Å². The number of thiazole rings is 1. The van der Waals surface area contributed by atoms with E-state index in [1.807, 2.05) is 50.4 Å². The second kappa shape index (κ2) is 13.6. The molecule has 1 aromatic heterocycles. The molecule has 7 heteroatoms. The number of Topliss-reactive ketones (excluding diaryl/α,β-unsaturated/α-hetero) is 1. The monoisotopic (exact) mass is 553 g/mol. The molecule has 212 valence electrons. The number of allylic oxidation sites excluding steroid dienone is 1. The number of benzene rings is 1. The predicted octanol–water partition coefficient (Wildman–Crippen LogP) is 6.40. The van der Waals surface area contributed by atoms with Crippen LogP contribution in [0.15, 0.2) is 47.4 Å². The number of esters is 1. The molecular formula is C32H43NO5S. The van der Waals surface area contributed by atoms with Gasteiger partial charge in [-0.1, -0.05) is 64.1 Å². The van der Waals surface area contributed by atoms with Gasteiger partial charge in [0.15, 0.2) is 0 Å². The van der Waals surface area contributed by atoms with Crippen LogP contribution in [0, 0.1) is 24.2 Å². The van der Waals surface area contributed by atoms with Gasteiger partial charge in [0, 0.05) is 17.7 Å². The Bertz CT molecular complexity index is 1180. The summed E-state index contributed by atoms with van der Waals surface area (Å²) in [5.74, 6) is -1.59. The number of hydrogen-bond donors (Lipinski definition) is 2. The van der Waals surface area contributed by atoms with Crippen molar-refractivity contribution in [3.05, 3.63) is 63.6 Å². The van der Waals surface area contributed by atoms with Gasteiger partial charge in [0.1, 0.15) is 11.9 Å². The lowest BCUT2D eigenvalue weighted by Gasteiger charge is -2.34. The van der Waals surface area contributed by atoms with E-state index in [1.165, 1.54) is 0 Å². The van der Waals surface area contributed by atoms with Crippen LogP contribution < -0.4 is 0 Å². The van der Waals surface area contributed by atoms with Crippen LogP contribution in [0.3, 0.4) is 0 Å². The second-order valence-electron chi connectivity index (χ2n) is 11.4. The molecule has 0 fully saturated rings. The fourth-order valence-electron chi connectivity index (χ4n) is 5.17. The van der Waals surface area contributed by atoms with Gasteiger partial charge in [0.25, 0.3) is 0 Å². The van der Waals surface area contributed by atoms with Gasteiger partial charge in [-0.3, -0.25) is 9.59 Å². The molecule has 0 radical (unpaired) electrons. The maximum atomic E-state index is 13.4. The van der Waals surface area contributed by atoms with Crippen LogP contribution in [-0.2, 0) is 14.3 Å². The van der Waals surface area contributed by atoms with Crippen molar-refractivity contribution >= 4 is 34.7 Å². The fourth-order valence-corrected chi connectivity index (χ4v) is 5.74. The number of nitrogens with zero attached hydrogens (tertiary/aromatic N) is 1. The van der Waals surface area contributed by atoms with E-state index in [0.29, 0.717) is 6.42 Å². The van der Waals surface area contributed by atoms with Crippen molar-refractivity contribution in [1.82, 2.24) is 4.98 Å². The van der Waals surface area contributed by atoms with Crippen LogP contribution in [-0.4, -0.2) is 45.3 Å². The molecule has 1 aliphatic rings. The van der Waals surface area contributed by atoms with Crippen molar-refractivity contribution in [2.45, 2.75) is 92.0 Å². The lowest BCUT2D eigenvalue weighted by molar-refractivity contribution is -0.154. The molecule has 0 bridgehead atoms. The van der Waals surface area contributed by atoms with Crippen LogP contribution >= 0.6 is 11.3 Å². The van der Waals surface area contributed by atoms with Crippen molar-refractivity contribution in [3.63, 3.8) is 0 Å². The summed E-state index contributed by atoms with van der Waals surface area (Å²) in [7, 11) is 0. The number of carbonyl (C=O) groups excluding carboxylic acids is 2. The van der Waals surface area contributed by atoms with Crippen molar-refractivity contribution in [2.24, 2.45) is 17.3 Å². The maximum Gasteiger partial charge on any atom is 0.309 e. The molecule has 3 rings (SSSR count). The lowest BCUT2D eigenvalue weighted by Crippen LogP contribution is -2.45. The van der Waals surface area contributed by atoms with Gasteiger partial charge >= 0.3 is 5.97 Å². The highest BCUT2D eigenvalue weighted by Gasteiger charge is 2.42. The number of aromatic nitrogens is 1. The van der Waals surface area contributed by atoms with Gasteiger partial charge in [-0.2, -0.15) is 0 Å². The number of aliphatic hydroxyl groups excluding tert-OH is 2. The zero-order valence-corrected chi connectivity index (χ0v) is 24.8. The zero-order valence-electron chi connectivity index (χ0n) is 24.0. The highest BCUT2D eigenvalue weighted by atomic mass is 32.1. The van der Waals surface area contributed by atoms with Gasteiger partial charge in [0.2, 0.25) is 0 Å². The number of carbonyl (C=O) groups is 2. The Morgan fingerprint density at radius 3 is 2.49 bits per heavy atom. The first kappa shape index (κ1) is 30.9. The van der Waals surface area contributed by atoms with Crippen LogP contribution in [0.4, 0.5) is 0 Å². The van der Waals surface area contributed by atoms with Gasteiger partial charge in [-0.05, 0) is 61.8 Å². The first-order chi connectivity index (χ1) is 18.4. The quantitative estimate of drug-likeness (QED) is 0.427. The topological polar surface area (TPSA) is 96.7 Å². The van der Waals surface area contributed by atoms with E-state index in [4.69, 9.17) is 4.74 Å². The number of ketones is 1. The molecule has 0 amide bonds. The molecule has 1 unspecified atom stereocenters. The molecule has 6 nitrogen and oxygen atoms in total. The van der Waals surface area contributed by atoms with E-state index in [1.54, 1.807) is 32.1 Å². The maximum absolute atomic E-state index is 13.4. The molecular weight excluding hydrogens is 510 g/mol. The number of aliphatic hydroxyl groups is 2. The van der Waals surface area contributed by atoms with Gasteiger partial charge in [-0.25, -0.2) is 4.98 Å². The van der Waals surface area contributed by atoms with Crippen molar-refractivity contribution in [3.8, 4) is 0 Å². The van der Waals surface area contributed by atoms with E-state index < -0.39 is 35.6 Å². The summed E-state index contributed by atoms with van der Waals surface area (Å²) in [6, 6.07) is 10.1. The number of cyclic esters (lactones) is 1. The lowest BCUT2D eigenvalue weighted by atomic mass is 9.73. The SMILES string of the molecule is C/C(=C\c1csc(C)n1)C1C/C=C(\c2ccccc2)CCC[C@H](C)[C@H](O)[C@@H](C)C(=O)C(C)(C)[C@H](O)CC(=O)O1. The summed E-state index contributed by atoms with van der Waals surface area (Å²) >= 11 is 1.56. The molecule has 0 saturated carbocycles. The third-order valence-corrected chi connectivity index (χ3v) is 8.75. The van der Waals surface area contributed by atoms with E-state index in [9.17, 15) is 19.8 Å². The average molecular weight is 554 g/mol. The Morgan fingerprint density at radius 1 is 1.15 bits per heavy atom. The van der Waals surface area contributed by atoms with Crippen molar-refractivity contribution in [1.29, 1.82) is 0 Å². The molecule has 1 aliphatic heterocycles. The Morgan fingerprint density at radius 2 is 1.85 bits per heavy atom. The molecule has 0 spiro atoms. The smallest absolute Gasteiger partial charge is 0.309 e. The number of ether oxygens (including phenoxy) is 1. The third kappa shape index (κ3) is 8.19. The van der Waals surface area contributed by atoms with Gasteiger partial charge < -0.3 is 14.9 Å². The summed E-state index contributed by atoms with van der Waals surface area (Å²) < 4.78 is 5.94. The minimum Gasteiger partial charge on any atom is -0.457 e. The number of hydrogen-bond acceptors (Lipinski definition) is 7. The summed E-state index contributed by atoms with van der Waals surface area (Å²) in [5, 5.41) is 24.9. The summed E-state index contributed by atoms with van der Waals surface area (Å²) in [4.78, 5) is 31.0. The van der Waals surface area contributed by atoms with Crippen molar-refractivity contribution < 1.29 is 24.5 Å². The Kier molecular flexibility index (Phi) is 10.8.